The van der Waals surface area contributed by atoms with Gasteiger partial charge in [0.25, 0.3) is 10.0 Å². The lowest BCUT2D eigenvalue weighted by atomic mass is 9.94. The van der Waals surface area contributed by atoms with Crippen LogP contribution in [0.2, 0.25) is 0 Å². The normalized spacial score (nSPS) is 13.1. The van der Waals surface area contributed by atoms with E-state index in [0.29, 0.717) is 0 Å². The van der Waals surface area contributed by atoms with Crippen LogP contribution in [0.1, 0.15) is 48.5 Å². The second kappa shape index (κ2) is 7.23. The number of rotatable bonds is 6. The van der Waals surface area contributed by atoms with Crippen molar-refractivity contribution in [2.45, 2.75) is 58.8 Å². The summed E-state index contributed by atoms with van der Waals surface area (Å²) in [7, 11) is -3.76. The quantitative estimate of drug-likeness (QED) is 0.757. The van der Waals surface area contributed by atoms with Crippen LogP contribution in [0.15, 0.2) is 4.34 Å². The van der Waals surface area contributed by atoms with Gasteiger partial charge in [0.2, 0.25) is 15.4 Å². The van der Waals surface area contributed by atoms with E-state index >= 15 is 0 Å². The fourth-order valence-electron chi connectivity index (χ4n) is 1.93. The smallest absolute Gasteiger partial charge is 0.270 e. The van der Waals surface area contributed by atoms with Crippen LogP contribution in [0, 0.1) is 17.3 Å². The number of aromatic nitrogens is 2. The highest BCUT2D eigenvalue weighted by molar-refractivity contribution is 7.91. The molecule has 1 amide bonds. The maximum Gasteiger partial charge on any atom is 0.270 e. The largest absolute Gasteiger partial charge is 0.300 e. The first kappa shape index (κ1) is 20.0. The second-order valence-electron chi connectivity index (χ2n) is 7.21. The van der Waals surface area contributed by atoms with Crippen LogP contribution >= 0.6 is 11.3 Å². The molecule has 0 saturated carbocycles. The van der Waals surface area contributed by atoms with Crippen LogP contribution in [0.3, 0.4) is 0 Å². The Bertz CT molecular complexity index is 637. The monoisotopic (exact) mass is 362 g/mol. The third-order valence-electron chi connectivity index (χ3n) is 3.27. The van der Waals surface area contributed by atoms with Crippen molar-refractivity contribution >= 4 is 32.4 Å². The third-order valence-corrected chi connectivity index (χ3v) is 5.93. The van der Waals surface area contributed by atoms with Crippen LogP contribution in [0.25, 0.3) is 0 Å². The zero-order valence-electron chi connectivity index (χ0n) is 14.7. The molecule has 1 rings (SSSR count). The predicted molar refractivity (Wildman–Crippen MR) is 91.8 cm³/mol. The third kappa shape index (κ3) is 5.50. The maximum atomic E-state index is 12.4. The summed E-state index contributed by atoms with van der Waals surface area (Å²) in [5.41, 5.74) is -0.594. The van der Waals surface area contributed by atoms with Gasteiger partial charge in [0.15, 0.2) is 0 Å². The predicted octanol–water partition coefficient (Wildman–Crippen LogP) is 2.48. The van der Waals surface area contributed by atoms with E-state index in [1.54, 1.807) is 20.8 Å². The molecule has 1 aromatic rings. The number of anilines is 1. The Morgan fingerprint density at radius 1 is 1.09 bits per heavy atom. The van der Waals surface area contributed by atoms with Crippen molar-refractivity contribution < 1.29 is 13.2 Å². The zero-order valence-corrected chi connectivity index (χ0v) is 16.3. The molecule has 2 N–H and O–H groups in total. The molecule has 0 atom stereocenters. The molecule has 0 radical (unpaired) electrons. The highest BCUT2D eigenvalue weighted by Crippen LogP contribution is 2.24. The SMILES string of the molecule is CC(C)C(NS(=O)(=O)c1nnc(NC(=O)C(C)(C)C)s1)C(C)C. The number of amides is 1. The van der Waals surface area contributed by atoms with Crippen molar-refractivity contribution in [3.05, 3.63) is 0 Å². The molecule has 7 nitrogen and oxygen atoms in total. The molecule has 9 heteroatoms. The van der Waals surface area contributed by atoms with E-state index in [1.165, 1.54) is 0 Å². The lowest BCUT2D eigenvalue weighted by Crippen LogP contribution is -2.42. The molecule has 0 aliphatic rings. The summed E-state index contributed by atoms with van der Waals surface area (Å²) in [5, 5.41) is 10.2. The van der Waals surface area contributed by atoms with Crippen LogP contribution < -0.4 is 10.0 Å². The van der Waals surface area contributed by atoms with E-state index in [0.717, 1.165) is 11.3 Å². The molecule has 1 heterocycles. The Hall–Kier alpha value is -1.06. The molecule has 0 aliphatic heterocycles. The van der Waals surface area contributed by atoms with Gasteiger partial charge in [0.05, 0.1) is 0 Å². The highest BCUT2D eigenvalue weighted by atomic mass is 32.2. The molecule has 0 aromatic carbocycles. The molecule has 0 fully saturated rings. The minimum absolute atomic E-state index is 0.145. The molecular formula is C14H26N4O3S2. The Labute approximate surface area is 142 Å². The van der Waals surface area contributed by atoms with Crippen LogP contribution in [0.5, 0.6) is 0 Å². The van der Waals surface area contributed by atoms with Gasteiger partial charge >= 0.3 is 0 Å². The van der Waals surface area contributed by atoms with Gasteiger partial charge in [-0.25, -0.2) is 13.1 Å². The Balaban J connectivity index is 2.93. The number of hydrogen-bond donors (Lipinski definition) is 2. The van der Waals surface area contributed by atoms with Crippen molar-refractivity contribution in [2.75, 3.05) is 5.32 Å². The van der Waals surface area contributed by atoms with Gasteiger partial charge in [-0.05, 0) is 11.8 Å². The van der Waals surface area contributed by atoms with Gasteiger partial charge in [0, 0.05) is 11.5 Å². The first-order valence-corrected chi connectivity index (χ1v) is 9.82. The van der Waals surface area contributed by atoms with Gasteiger partial charge in [-0.2, -0.15) is 0 Å². The number of nitrogens with zero attached hydrogens (tertiary/aromatic N) is 2. The summed E-state index contributed by atoms with van der Waals surface area (Å²) < 4.78 is 27.4. The van der Waals surface area contributed by atoms with Gasteiger partial charge in [-0.1, -0.05) is 59.8 Å². The fraction of sp³-hybridized carbons (Fsp3) is 0.786. The number of carbonyl (C=O) groups is 1. The van der Waals surface area contributed by atoms with E-state index in [-0.39, 0.29) is 33.3 Å². The first-order chi connectivity index (χ1) is 10.3. The van der Waals surface area contributed by atoms with E-state index in [1.807, 2.05) is 27.7 Å². The topological polar surface area (TPSA) is 101 Å². The lowest BCUT2D eigenvalue weighted by molar-refractivity contribution is -0.123. The molecule has 23 heavy (non-hydrogen) atoms. The van der Waals surface area contributed by atoms with Gasteiger partial charge in [0.1, 0.15) is 0 Å². The average molecular weight is 363 g/mol. The van der Waals surface area contributed by atoms with Crippen molar-refractivity contribution in [1.29, 1.82) is 0 Å². The molecule has 0 bridgehead atoms. The molecule has 132 valence electrons. The minimum Gasteiger partial charge on any atom is -0.300 e. The van der Waals surface area contributed by atoms with Gasteiger partial charge < -0.3 is 5.32 Å². The van der Waals surface area contributed by atoms with E-state index < -0.39 is 15.4 Å². The van der Waals surface area contributed by atoms with Crippen molar-refractivity contribution in [1.82, 2.24) is 14.9 Å². The molecule has 1 aromatic heterocycles. The zero-order chi connectivity index (χ0) is 18.0. The fourth-order valence-corrected chi connectivity index (χ4v) is 4.37. The van der Waals surface area contributed by atoms with Crippen LogP contribution in [-0.2, 0) is 14.8 Å². The van der Waals surface area contributed by atoms with Gasteiger partial charge in [-0.3, -0.25) is 4.79 Å². The van der Waals surface area contributed by atoms with E-state index in [4.69, 9.17) is 0 Å². The second-order valence-corrected chi connectivity index (χ2v) is 10.1. The van der Waals surface area contributed by atoms with Crippen molar-refractivity contribution in [3.63, 3.8) is 0 Å². The van der Waals surface area contributed by atoms with Crippen LogP contribution in [0.4, 0.5) is 5.13 Å². The molecule has 0 spiro atoms. The van der Waals surface area contributed by atoms with E-state index in [2.05, 4.69) is 20.2 Å². The number of carbonyl (C=O) groups excluding carboxylic acids is 1. The highest BCUT2D eigenvalue weighted by Gasteiger charge is 2.29. The standard InChI is InChI=1S/C14H26N4O3S2/c1-8(2)10(9(3)4)18-23(20,21)13-17-16-12(22-13)15-11(19)14(5,6)7/h8-10,18H,1-7H3,(H,15,16,19). The summed E-state index contributed by atoms with van der Waals surface area (Å²) in [6, 6.07) is -0.198. The Morgan fingerprint density at radius 3 is 2.04 bits per heavy atom. The maximum absolute atomic E-state index is 12.4. The van der Waals surface area contributed by atoms with Gasteiger partial charge in [-0.15, -0.1) is 10.2 Å². The van der Waals surface area contributed by atoms with Crippen molar-refractivity contribution in [2.24, 2.45) is 17.3 Å². The number of sulfonamides is 1. The van der Waals surface area contributed by atoms with Crippen molar-refractivity contribution in [3.8, 4) is 0 Å². The average Bonchev–Trinajstić information content (AvgIpc) is 2.83. The Kier molecular flexibility index (Phi) is 6.28. The molecule has 0 aliphatic carbocycles. The number of nitrogens with one attached hydrogen (secondary N) is 2. The summed E-state index contributed by atoms with van der Waals surface area (Å²) in [6.45, 7) is 13.1. The molecule has 0 unspecified atom stereocenters. The summed E-state index contributed by atoms with van der Waals surface area (Å²) in [4.78, 5) is 11.9. The Morgan fingerprint density at radius 2 is 1.61 bits per heavy atom. The minimum atomic E-state index is -3.76. The summed E-state index contributed by atoms with van der Waals surface area (Å²) in [5.74, 6) is 0.0586. The summed E-state index contributed by atoms with van der Waals surface area (Å²) >= 11 is 0.845. The molecule has 0 saturated heterocycles. The summed E-state index contributed by atoms with van der Waals surface area (Å²) in [6.07, 6.45) is 0. The van der Waals surface area contributed by atoms with E-state index in [9.17, 15) is 13.2 Å². The van der Waals surface area contributed by atoms with Crippen LogP contribution in [-0.4, -0.2) is 30.6 Å². The lowest BCUT2D eigenvalue weighted by Gasteiger charge is -2.25. The first-order valence-electron chi connectivity index (χ1n) is 7.52. The number of hydrogen-bond acceptors (Lipinski definition) is 6. The molecular weight excluding hydrogens is 336 g/mol.